The smallest absolute Gasteiger partial charge is 0.244 e. The van der Waals surface area contributed by atoms with Crippen LogP contribution in [0.25, 0.3) is 0 Å². The first-order valence-corrected chi connectivity index (χ1v) is 15.5. The van der Waals surface area contributed by atoms with Crippen LogP contribution in [0.5, 0.6) is 0 Å². The third-order valence-corrected chi connectivity index (χ3v) is 8.20. The number of sulfonamides is 1. The molecule has 0 aliphatic rings. The third-order valence-electron chi connectivity index (χ3n) is 6.34. The summed E-state index contributed by atoms with van der Waals surface area (Å²) in [4.78, 5) is 29.1. The van der Waals surface area contributed by atoms with Gasteiger partial charge in [0.15, 0.2) is 0 Å². The molecule has 0 heterocycles. The zero-order valence-electron chi connectivity index (χ0n) is 23.3. The second-order valence-electron chi connectivity index (χ2n) is 10.2. The van der Waals surface area contributed by atoms with Crippen molar-refractivity contribution in [2.45, 2.75) is 52.7 Å². The number of halogens is 2. The minimum Gasteiger partial charge on any atom is -0.352 e. The molecule has 0 spiro atoms. The van der Waals surface area contributed by atoms with E-state index in [-0.39, 0.29) is 24.9 Å². The molecule has 0 aromatic heterocycles. The van der Waals surface area contributed by atoms with Crippen LogP contribution in [-0.2, 0) is 32.6 Å². The molecular weight excluding hydrogens is 569 g/mol. The van der Waals surface area contributed by atoms with E-state index >= 15 is 0 Å². The van der Waals surface area contributed by atoms with Crippen LogP contribution < -0.4 is 9.62 Å². The van der Waals surface area contributed by atoms with Crippen molar-refractivity contribution in [3.8, 4) is 0 Å². The Kier molecular flexibility index (Phi) is 10.6. The number of nitrogens with one attached hydrogen (secondary N) is 1. The molecule has 7 nitrogen and oxygen atoms in total. The number of carbonyl (C=O) groups is 2. The maximum atomic E-state index is 14.1. The molecule has 1 unspecified atom stereocenters. The van der Waals surface area contributed by atoms with E-state index in [2.05, 4.69) is 5.32 Å². The molecule has 3 rings (SSSR count). The zero-order chi connectivity index (χ0) is 29.6. The number of rotatable bonds is 11. The Labute approximate surface area is 247 Å². The highest BCUT2D eigenvalue weighted by molar-refractivity contribution is 7.92. The van der Waals surface area contributed by atoms with Gasteiger partial charge >= 0.3 is 0 Å². The van der Waals surface area contributed by atoms with E-state index in [1.165, 1.54) is 4.90 Å². The van der Waals surface area contributed by atoms with Crippen molar-refractivity contribution in [1.82, 2.24) is 10.2 Å². The lowest BCUT2D eigenvalue weighted by Crippen LogP contribution is -2.54. The Morgan fingerprint density at radius 3 is 2.15 bits per heavy atom. The minimum absolute atomic E-state index is 0.0171. The second kappa shape index (κ2) is 13.5. The van der Waals surface area contributed by atoms with Crippen LogP contribution in [0.1, 0.15) is 36.1 Å². The maximum Gasteiger partial charge on any atom is 0.244 e. The fourth-order valence-corrected chi connectivity index (χ4v) is 5.68. The van der Waals surface area contributed by atoms with Gasteiger partial charge < -0.3 is 10.2 Å². The molecule has 1 atom stereocenters. The maximum absolute atomic E-state index is 14.1. The Balaban J connectivity index is 2.09. The van der Waals surface area contributed by atoms with Gasteiger partial charge in [-0.05, 0) is 62.6 Å². The largest absolute Gasteiger partial charge is 0.352 e. The van der Waals surface area contributed by atoms with Crippen LogP contribution in [0.2, 0.25) is 10.0 Å². The molecule has 40 heavy (non-hydrogen) atoms. The summed E-state index contributed by atoms with van der Waals surface area (Å²) in [5.41, 5.74) is 3.59. The average Bonchev–Trinajstić information content (AvgIpc) is 2.86. The number of hydrogen-bond acceptors (Lipinski definition) is 4. The van der Waals surface area contributed by atoms with Gasteiger partial charge in [-0.2, -0.15) is 0 Å². The van der Waals surface area contributed by atoms with E-state index in [1.54, 1.807) is 37.3 Å². The molecule has 2 amide bonds. The number of amides is 2. The lowest BCUT2D eigenvalue weighted by molar-refractivity contribution is -0.140. The van der Waals surface area contributed by atoms with Crippen molar-refractivity contribution in [3.63, 3.8) is 0 Å². The van der Waals surface area contributed by atoms with Crippen molar-refractivity contribution in [3.05, 3.63) is 99.0 Å². The van der Waals surface area contributed by atoms with Crippen molar-refractivity contribution in [2.75, 3.05) is 17.1 Å². The summed E-state index contributed by atoms with van der Waals surface area (Å²) in [6.07, 6.45) is 1.30. The summed E-state index contributed by atoms with van der Waals surface area (Å²) in [7, 11) is -3.84. The Hall–Kier alpha value is -3.07. The number of nitrogens with zero attached hydrogens (tertiary/aromatic N) is 2. The van der Waals surface area contributed by atoms with Gasteiger partial charge in [0.05, 0.1) is 22.0 Å². The van der Waals surface area contributed by atoms with Crippen LogP contribution in [-0.4, -0.2) is 50.0 Å². The molecule has 0 aliphatic carbocycles. The molecule has 214 valence electrons. The van der Waals surface area contributed by atoms with Gasteiger partial charge in [0.2, 0.25) is 21.8 Å². The van der Waals surface area contributed by atoms with Gasteiger partial charge in [-0.1, -0.05) is 77.3 Å². The number of hydrogen-bond donors (Lipinski definition) is 1. The molecule has 3 aromatic rings. The molecular formula is C30H35Cl2N3O4S. The molecule has 0 aliphatic heterocycles. The van der Waals surface area contributed by atoms with Crippen molar-refractivity contribution in [1.29, 1.82) is 0 Å². The molecule has 0 bridgehead atoms. The van der Waals surface area contributed by atoms with Gasteiger partial charge in [-0.3, -0.25) is 13.9 Å². The fourth-order valence-electron chi connectivity index (χ4n) is 4.45. The van der Waals surface area contributed by atoms with Crippen LogP contribution >= 0.6 is 23.2 Å². The van der Waals surface area contributed by atoms with Crippen molar-refractivity contribution in [2.24, 2.45) is 0 Å². The van der Waals surface area contributed by atoms with Crippen molar-refractivity contribution < 1.29 is 18.0 Å². The molecule has 0 radical (unpaired) electrons. The lowest BCUT2D eigenvalue weighted by atomic mass is 10.0. The third kappa shape index (κ3) is 8.46. The Morgan fingerprint density at radius 1 is 0.900 bits per heavy atom. The number of benzene rings is 3. The SMILES string of the molecule is Cc1ccc(N(CC(=O)N(Cc2ccc(Cl)c(Cl)c2)C(Cc2ccccc2)C(=O)NC(C)C)S(C)(=O)=O)c(C)c1. The number of carbonyl (C=O) groups excluding carboxylic acids is 2. The molecule has 1 N–H and O–H groups in total. The monoisotopic (exact) mass is 603 g/mol. The van der Waals surface area contributed by atoms with E-state index in [0.29, 0.717) is 26.9 Å². The van der Waals surface area contributed by atoms with Crippen molar-refractivity contribution >= 4 is 50.7 Å². The first-order valence-electron chi connectivity index (χ1n) is 12.9. The van der Waals surface area contributed by atoms with E-state index in [0.717, 1.165) is 21.7 Å². The van der Waals surface area contributed by atoms with Gasteiger partial charge in [-0.15, -0.1) is 0 Å². The van der Waals surface area contributed by atoms with E-state index in [9.17, 15) is 18.0 Å². The standard InChI is InChI=1S/C30H35Cl2N3O4S/c1-20(2)33-30(37)28(17-23-9-7-6-8-10-23)34(18-24-12-13-25(31)26(32)16-24)29(36)19-35(40(5,38)39)27-14-11-21(3)15-22(27)4/h6-16,20,28H,17-19H2,1-5H3,(H,33,37). The van der Waals surface area contributed by atoms with Crippen LogP contribution in [0.15, 0.2) is 66.7 Å². The Morgan fingerprint density at radius 2 is 1.57 bits per heavy atom. The predicted molar refractivity (Wildman–Crippen MR) is 162 cm³/mol. The number of anilines is 1. The van der Waals surface area contributed by atoms with Crippen LogP contribution in [0.4, 0.5) is 5.69 Å². The van der Waals surface area contributed by atoms with Crippen LogP contribution in [0.3, 0.4) is 0 Å². The van der Waals surface area contributed by atoms with E-state index in [4.69, 9.17) is 23.2 Å². The normalized spacial score (nSPS) is 12.2. The summed E-state index contributed by atoms with van der Waals surface area (Å²) in [6, 6.07) is 18.6. The average molecular weight is 605 g/mol. The molecule has 0 fully saturated rings. The lowest BCUT2D eigenvalue weighted by Gasteiger charge is -2.34. The summed E-state index contributed by atoms with van der Waals surface area (Å²) in [6.45, 7) is 6.93. The summed E-state index contributed by atoms with van der Waals surface area (Å²) in [5.74, 6) is -0.874. The van der Waals surface area contributed by atoms with Gasteiger partial charge in [0, 0.05) is 19.0 Å². The summed E-state index contributed by atoms with van der Waals surface area (Å²) < 4.78 is 27.0. The zero-order valence-corrected chi connectivity index (χ0v) is 25.6. The van der Waals surface area contributed by atoms with Gasteiger partial charge in [-0.25, -0.2) is 8.42 Å². The first kappa shape index (κ1) is 31.5. The Bertz CT molecular complexity index is 1460. The minimum atomic E-state index is -3.84. The highest BCUT2D eigenvalue weighted by Gasteiger charge is 2.33. The number of aryl methyl sites for hydroxylation is 2. The second-order valence-corrected chi connectivity index (χ2v) is 12.9. The summed E-state index contributed by atoms with van der Waals surface area (Å²) in [5, 5.41) is 3.60. The fraction of sp³-hybridized carbons (Fsp3) is 0.333. The molecule has 0 saturated carbocycles. The first-order chi connectivity index (χ1) is 18.8. The summed E-state index contributed by atoms with van der Waals surface area (Å²) >= 11 is 12.4. The highest BCUT2D eigenvalue weighted by atomic mass is 35.5. The van der Waals surface area contributed by atoms with Gasteiger partial charge in [0.1, 0.15) is 12.6 Å². The van der Waals surface area contributed by atoms with Crippen LogP contribution in [0, 0.1) is 13.8 Å². The van der Waals surface area contributed by atoms with E-state index < -0.39 is 28.5 Å². The quantitative estimate of drug-likeness (QED) is 0.312. The van der Waals surface area contributed by atoms with E-state index in [1.807, 2.05) is 57.2 Å². The molecule has 3 aromatic carbocycles. The molecule has 10 heteroatoms. The highest BCUT2D eigenvalue weighted by Crippen LogP contribution is 2.26. The van der Waals surface area contributed by atoms with Gasteiger partial charge in [0.25, 0.3) is 0 Å². The molecule has 0 saturated heterocycles. The topological polar surface area (TPSA) is 86.8 Å². The predicted octanol–water partition coefficient (Wildman–Crippen LogP) is 5.54.